The molecule has 0 aromatic heterocycles. The molecule has 0 aliphatic rings. The summed E-state index contributed by atoms with van der Waals surface area (Å²) < 4.78 is 12.1. The molecule has 0 aliphatic heterocycles. The summed E-state index contributed by atoms with van der Waals surface area (Å²) >= 11 is 5.82. The van der Waals surface area contributed by atoms with Crippen LogP contribution in [0.4, 0.5) is 0 Å². The van der Waals surface area contributed by atoms with Crippen LogP contribution in [-0.2, 0) is 22.3 Å². The van der Waals surface area contributed by atoms with Gasteiger partial charge in [0.1, 0.15) is 0 Å². The molecule has 0 fully saturated rings. The average molecular weight is 279 g/mol. The highest BCUT2D eigenvalue weighted by Gasteiger charge is 2.03. The van der Waals surface area contributed by atoms with E-state index in [-0.39, 0.29) is 0 Å². The van der Waals surface area contributed by atoms with Gasteiger partial charge >= 0.3 is 0 Å². The molecule has 0 saturated carbocycles. The van der Waals surface area contributed by atoms with Crippen molar-refractivity contribution in [3.8, 4) is 0 Å². The number of hydrogen-bond donors (Lipinski definition) is 0. The van der Waals surface area contributed by atoms with Crippen molar-refractivity contribution in [1.82, 2.24) is 0 Å². The molecule has 1 atom stereocenters. The van der Waals surface area contributed by atoms with Gasteiger partial charge in [0.05, 0.1) is 0 Å². The van der Waals surface area contributed by atoms with E-state index in [0.717, 1.165) is 11.1 Å². The van der Waals surface area contributed by atoms with Crippen LogP contribution in [0.2, 0.25) is 5.02 Å². The summed E-state index contributed by atoms with van der Waals surface area (Å²) in [4.78, 5) is 0. The first-order valence-corrected chi connectivity index (χ1v) is 7.65. The van der Waals surface area contributed by atoms with Gasteiger partial charge in [0.15, 0.2) is 0 Å². The van der Waals surface area contributed by atoms with Crippen LogP contribution < -0.4 is 0 Å². The van der Waals surface area contributed by atoms with E-state index in [2.05, 4.69) is 6.07 Å². The summed E-state index contributed by atoms with van der Waals surface area (Å²) in [5, 5.41) is 0.711. The Hall–Kier alpha value is -1.12. The molecular formula is C15H15ClOS. The number of hydrogen-bond acceptors (Lipinski definition) is 1. The van der Waals surface area contributed by atoms with Gasteiger partial charge in [-0.25, -0.2) is 0 Å². The van der Waals surface area contributed by atoms with Gasteiger partial charge in [0, 0.05) is 27.3 Å². The lowest BCUT2D eigenvalue weighted by Gasteiger charge is -2.04. The molecule has 0 bridgehead atoms. The fourth-order valence-corrected chi connectivity index (χ4v) is 3.15. The van der Waals surface area contributed by atoms with E-state index in [1.54, 1.807) is 0 Å². The predicted octanol–water partition coefficient (Wildman–Crippen LogP) is 4.10. The third-order valence-electron chi connectivity index (χ3n) is 2.65. The third-order valence-corrected chi connectivity index (χ3v) is 4.21. The molecule has 3 heteroatoms. The van der Waals surface area contributed by atoms with Gasteiger partial charge in [-0.1, -0.05) is 53.6 Å². The minimum absolute atomic E-state index is 0.575. The summed E-state index contributed by atoms with van der Waals surface area (Å²) in [5.74, 6) is 1.18. The summed E-state index contributed by atoms with van der Waals surface area (Å²) in [7, 11) is -0.880. The second-order valence-corrected chi connectivity index (χ2v) is 6.24. The van der Waals surface area contributed by atoms with Crippen molar-refractivity contribution >= 4 is 22.4 Å². The van der Waals surface area contributed by atoms with Crippen molar-refractivity contribution in [3.05, 3.63) is 70.2 Å². The third kappa shape index (κ3) is 3.97. The number of rotatable bonds is 4. The predicted molar refractivity (Wildman–Crippen MR) is 78.2 cm³/mol. The van der Waals surface area contributed by atoms with Gasteiger partial charge in [-0.2, -0.15) is 0 Å². The van der Waals surface area contributed by atoms with Crippen LogP contribution in [-0.4, -0.2) is 4.21 Å². The minimum atomic E-state index is -0.880. The number of benzene rings is 2. The van der Waals surface area contributed by atoms with Crippen LogP contribution >= 0.6 is 11.6 Å². The summed E-state index contributed by atoms with van der Waals surface area (Å²) in [6.45, 7) is 2.05. The Bertz CT molecular complexity index is 549. The SMILES string of the molecule is Cc1cccc(C[S@@](=O)Cc2ccc(Cl)cc2)c1. The van der Waals surface area contributed by atoms with Crippen molar-refractivity contribution in [3.63, 3.8) is 0 Å². The number of halogens is 1. The Labute approximate surface area is 115 Å². The second kappa shape index (κ2) is 6.17. The fourth-order valence-electron chi connectivity index (χ4n) is 1.81. The Balaban J connectivity index is 1.98. The molecule has 0 radical (unpaired) electrons. The van der Waals surface area contributed by atoms with E-state index in [1.807, 2.05) is 49.4 Å². The van der Waals surface area contributed by atoms with Crippen LogP contribution in [0.15, 0.2) is 48.5 Å². The molecule has 0 N–H and O–H groups in total. The molecular weight excluding hydrogens is 264 g/mol. The highest BCUT2D eigenvalue weighted by molar-refractivity contribution is 7.83. The normalized spacial score (nSPS) is 12.3. The van der Waals surface area contributed by atoms with Crippen LogP contribution in [0.25, 0.3) is 0 Å². The second-order valence-electron chi connectivity index (χ2n) is 4.34. The van der Waals surface area contributed by atoms with Crippen LogP contribution in [0.1, 0.15) is 16.7 Å². The van der Waals surface area contributed by atoms with Gasteiger partial charge in [0.2, 0.25) is 0 Å². The maximum atomic E-state index is 12.1. The Morgan fingerprint density at radius 2 is 1.67 bits per heavy atom. The lowest BCUT2D eigenvalue weighted by molar-refractivity contribution is 0.682. The van der Waals surface area contributed by atoms with Gasteiger partial charge in [-0.05, 0) is 30.2 Å². The Kier molecular flexibility index (Phi) is 4.56. The van der Waals surface area contributed by atoms with Crippen molar-refractivity contribution < 1.29 is 4.21 Å². The zero-order valence-electron chi connectivity index (χ0n) is 10.2. The molecule has 0 unspecified atom stereocenters. The van der Waals surface area contributed by atoms with Gasteiger partial charge in [-0.15, -0.1) is 0 Å². The first-order valence-electron chi connectivity index (χ1n) is 5.78. The molecule has 18 heavy (non-hydrogen) atoms. The molecule has 0 saturated heterocycles. The quantitative estimate of drug-likeness (QED) is 0.823. The smallest absolute Gasteiger partial charge is 0.0489 e. The van der Waals surface area contributed by atoms with Crippen molar-refractivity contribution in [2.75, 3.05) is 0 Å². The monoisotopic (exact) mass is 278 g/mol. The highest BCUT2D eigenvalue weighted by Crippen LogP contribution is 2.13. The van der Waals surface area contributed by atoms with E-state index in [9.17, 15) is 4.21 Å². The first kappa shape index (κ1) is 13.3. The standard InChI is InChI=1S/C15H15ClOS/c1-12-3-2-4-14(9-12)11-18(17)10-13-5-7-15(16)8-6-13/h2-9H,10-11H2,1H3/t18-/m0/s1. The molecule has 2 aromatic carbocycles. The average Bonchev–Trinajstić information content (AvgIpc) is 2.32. The molecule has 0 spiro atoms. The van der Waals surface area contributed by atoms with Gasteiger partial charge in [-0.3, -0.25) is 4.21 Å². The van der Waals surface area contributed by atoms with E-state index in [0.29, 0.717) is 16.5 Å². The van der Waals surface area contributed by atoms with Crippen molar-refractivity contribution in [2.45, 2.75) is 18.4 Å². The van der Waals surface area contributed by atoms with E-state index >= 15 is 0 Å². The highest BCUT2D eigenvalue weighted by atomic mass is 35.5. The Morgan fingerprint density at radius 1 is 1.00 bits per heavy atom. The molecule has 0 amide bonds. The summed E-state index contributed by atoms with van der Waals surface area (Å²) in [5.41, 5.74) is 3.39. The van der Waals surface area contributed by atoms with Gasteiger partial charge in [0.25, 0.3) is 0 Å². The Morgan fingerprint density at radius 3 is 2.33 bits per heavy atom. The molecule has 0 aliphatic carbocycles. The molecule has 1 nitrogen and oxygen atoms in total. The molecule has 94 valence electrons. The lowest BCUT2D eigenvalue weighted by Crippen LogP contribution is -1.99. The van der Waals surface area contributed by atoms with E-state index < -0.39 is 10.8 Å². The first-order chi connectivity index (χ1) is 8.63. The summed E-state index contributed by atoms with van der Waals surface area (Å²) in [6, 6.07) is 15.7. The summed E-state index contributed by atoms with van der Waals surface area (Å²) in [6.07, 6.45) is 0. The largest absolute Gasteiger partial charge is 0.259 e. The zero-order valence-corrected chi connectivity index (χ0v) is 11.8. The van der Waals surface area contributed by atoms with E-state index in [1.165, 1.54) is 5.56 Å². The van der Waals surface area contributed by atoms with Gasteiger partial charge < -0.3 is 0 Å². The minimum Gasteiger partial charge on any atom is -0.259 e. The molecule has 0 heterocycles. The van der Waals surface area contributed by atoms with Crippen LogP contribution in [0, 0.1) is 6.92 Å². The van der Waals surface area contributed by atoms with Crippen molar-refractivity contribution in [2.24, 2.45) is 0 Å². The van der Waals surface area contributed by atoms with E-state index in [4.69, 9.17) is 11.6 Å². The molecule has 2 rings (SSSR count). The maximum absolute atomic E-state index is 12.1. The number of aryl methyl sites for hydroxylation is 1. The van der Waals surface area contributed by atoms with Crippen LogP contribution in [0.3, 0.4) is 0 Å². The maximum Gasteiger partial charge on any atom is 0.0489 e. The fraction of sp³-hybridized carbons (Fsp3) is 0.200. The lowest BCUT2D eigenvalue weighted by atomic mass is 10.2. The topological polar surface area (TPSA) is 17.1 Å². The van der Waals surface area contributed by atoms with Crippen molar-refractivity contribution in [1.29, 1.82) is 0 Å². The molecule has 2 aromatic rings. The zero-order chi connectivity index (χ0) is 13.0. The van der Waals surface area contributed by atoms with Crippen LogP contribution in [0.5, 0.6) is 0 Å².